The van der Waals surface area contributed by atoms with E-state index in [-0.39, 0.29) is 0 Å². The molecule has 2 aromatic carbocycles. The molecule has 1 unspecified atom stereocenters. The number of carboxylic acids is 2. The molecule has 1 atom stereocenters. The summed E-state index contributed by atoms with van der Waals surface area (Å²) in [5.41, 5.74) is 3.54. The Balaban J connectivity index is 0.000000265. The number of carboxylic acid groups (broad SMARTS) is 2. The van der Waals surface area contributed by atoms with Gasteiger partial charge in [0.15, 0.2) is 0 Å². The van der Waals surface area contributed by atoms with Gasteiger partial charge in [-0.1, -0.05) is 18.2 Å². The van der Waals surface area contributed by atoms with Crippen LogP contribution in [-0.4, -0.2) is 57.8 Å². The third-order valence-electron chi connectivity index (χ3n) is 5.95. The molecule has 0 amide bonds. The standard InChI is InChI=1S/C21H22N2O.C4H4O4/c1-2-4-19-17(3-1)13-20(22-19)15-5-7-18(8-6-15)24-21-14-23-11-9-16(21)10-12-23;5-3(6)1-2-4(7)8/h1-8,13,16,21-22H,9-12,14H2;1-2H,(H,5,6)(H,7,8)/b;2-1+. The normalized spacial score (nSPS) is 21.8. The summed E-state index contributed by atoms with van der Waals surface area (Å²) in [5.74, 6) is -0.781. The van der Waals surface area contributed by atoms with E-state index < -0.39 is 11.9 Å². The summed E-state index contributed by atoms with van der Waals surface area (Å²) < 4.78 is 6.29. The van der Waals surface area contributed by atoms with Crippen molar-refractivity contribution < 1.29 is 24.5 Å². The maximum Gasteiger partial charge on any atom is 0.328 e. The van der Waals surface area contributed by atoms with Gasteiger partial charge in [0.1, 0.15) is 11.9 Å². The number of ether oxygens (including phenoxy) is 1. The summed E-state index contributed by atoms with van der Waals surface area (Å²) in [6.45, 7) is 3.60. The van der Waals surface area contributed by atoms with Gasteiger partial charge in [-0.2, -0.15) is 0 Å². The maximum atomic E-state index is 9.55. The van der Waals surface area contributed by atoms with E-state index in [1.807, 2.05) is 0 Å². The molecular formula is C25H26N2O5. The van der Waals surface area contributed by atoms with Crippen LogP contribution in [0.3, 0.4) is 0 Å². The van der Waals surface area contributed by atoms with Gasteiger partial charge in [-0.15, -0.1) is 0 Å². The number of aliphatic carboxylic acids is 2. The first-order valence-electron chi connectivity index (χ1n) is 10.7. The number of fused-ring (bicyclic) bond motifs is 4. The van der Waals surface area contributed by atoms with Gasteiger partial charge in [0, 0.05) is 35.3 Å². The average Bonchev–Trinajstić information content (AvgIpc) is 3.24. The Bertz CT molecular complexity index is 1060. The van der Waals surface area contributed by atoms with E-state index in [1.54, 1.807) is 0 Å². The highest BCUT2D eigenvalue weighted by Gasteiger charge is 2.35. The molecule has 0 spiro atoms. The van der Waals surface area contributed by atoms with Gasteiger partial charge < -0.3 is 19.9 Å². The summed E-state index contributed by atoms with van der Waals surface area (Å²) >= 11 is 0. The number of aromatic amines is 1. The molecule has 3 N–H and O–H groups in total. The number of carbonyl (C=O) groups is 2. The van der Waals surface area contributed by atoms with E-state index in [0.717, 1.165) is 23.9 Å². The lowest BCUT2D eigenvalue weighted by Crippen LogP contribution is -2.52. The van der Waals surface area contributed by atoms with Crippen molar-refractivity contribution in [2.75, 3.05) is 19.6 Å². The highest BCUT2D eigenvalue weighted by Crippen LogP contribution is 2.31. The second-order valence-electron chi connectivity index (χ2n) is 8.10. The third-order valence-corrected chi connectivity index (χ3v) is 5.95. The van der Waals surface area contributed by atoms with Gasteiger partial charge >= 0.3 is 11.9 Å². The molecule has 0 saturated carbocycles. The number of aromatic nitrogens is 1. The van der Waals surface area contributed by atoms with Crippen LogP contribution in [0.5, 0.6) is 5.75 Å². The highest BCUT2D eigenvalue weighted by molar-refractivity contribution is 5.89. The number of nitrogens with zero attached hydrogens (tertiary/aromatic N) is 1. The molecule has 32 heavy (non-hydrogen) atoms. The zero-order chi connectivity index (χ0) is 22.5. The number of hydrogen-bond acceptors (Lipinski definition) is 4. The van der Waals surface area contributed by atoms with Crippen molar-refractivity contribution in [3.8, 4) is 17.0 Å². The molecule has 1 aromatic heterocycles. The lowest BCUT2D eigenvalue weighted by atomic mass is 9.86. The van der Waals surface area contributed by atoms with Crippen molar-refractivity contribution >= 4 is 22.8 Å². The Kier molecular flexibility index (Phi) is 6.56. The van der Waals surface area contributed by atoms with E-state index >= 15 is 0 Å². The molecule has 0 aliphatic carbocycles. The first-order chi connectivity index (χ1) is 15.5. The van der Waals surface area contributed by atoms with E-state index in [1.165, 1.54) is 42.4 Å². The van der Waals surface area contributed by atoms with Crippen molar-refractivity contribution in [3.63, 3.8) is 0 Å². The smallest absolute Gasteiger partial charge is 0.328 e. The summed E-state index contributed by atoms with van der Waals surface area (Å²) in [6, 6.07) is 19.1. The fourth-order valence-corrected chi connectivity index (χ4v) is 4.30. The van der Waals surface area contributed by atoms with Gasteiger partial charge in [0.25, 0.3) is 0 Å². The van der Waals surface area contributed by atoms with Crippen LogP contribution in [-0.2, 0) is 9.59 Å². The topological polar surface area (TPSA) is 103 Å². The van der Waals surface area contributed by atoms with Crippen LogP contribution in [0, 0.1) is 5.92 Å². The molecule has 3 saturated heterocycles. The molecule has 3 fully saturated rings. The third kappa shape index (κ3) is 5.36. The highest BCUT2D eigenvalue weighted by atomic mass is 16.5. The monoisotopic (exact) mass is 434 g/mol. The quantitative estimate of drug-likeness (QED) is 0.524. The predicted octanol–water partition coefficient (Wildman–Crippen LogP) is 4.02. The summed E-state index contributed by atoms with van der Waals surface area (Å²) in [6.07, 6.45) is 4.06. The first kappa shape index (κ1) is 21.6. The van der Waals surface area contributed by atoms with Crippen LogP contribution in [0.15, 0.2) is 66.7 Å². The average molecular weight is 434 g/mol. The molecule has 7 nitrogen and oxygen atoms in total. The van der Waals surface area contributed by atoms with Gasteiger partial charge in [0.2, 0.25) is 0 Å². The van der Waals surface area contributed by atoms with Crippen LogP contribution in [0.4, 0.5) is 0 Å². The second-order valence-corrected chi connectivity index (χ2v) is 8.10. The van der Waals surface area contributed by atoms with E-state index in [4.69, 9.17) is 14.9 Å². The Morgan fingerprint density at radius 1 is 0.969 bits per heavy atom. The van der Waals surface area contributed by atoms with Gasteiger partial charge in [0.05, 0.1) is 0 Å². The number of H-pyrrole nitrogens is 1. The van der Waals surface area contributed by atoms with Crippen molar-refractivity contribution in [2.24, 2.45) is 5.92 Å². The van der Waals surface area contributed by atoms with E-state index in [2.05, 4.69) is 64.5 Å². The first-order valence-corrected chi connectivity index (χ1v) is 10.7. The van der Waals surface area contributed by atoms with Crippen LogP contribution < -0.4 is 4.74 Å². The minimum absolute atomic E-state index is 0.367. The van der Waals surface area contributed by atoms with Crippen LogP contribution in [0.1, 0.15) is 12.8 Å². The predicted molar refractivity (Wildman–Crippen MR) is 122 cm³/mol. The molecule has 6 rings (SSSR count). The van der Waals surface area contributed by atoms with E-state index in [0.29, 0.717) is 18.3 Å². The van der Waals surface area contributed by atoms with Crippen molar-refractivity contribution in [3.05, 3.63) is 66.7 Å². The minimum atomic E-state index is -1.26. The summed E-state index contributed by atoms with van der Waals surface area (Å²) in [5, 5.41) is 16.9. The minimum Gasteiger partial charge on any atom is -0.489 e. The molecule has 0 radical (unpaired) electrons. The molecule has 3 aliphatic heterocycles. The number of benzene rings is 2. The van der Waals surface area contributed by atoms with Crippen molar-refractivity contribution in [2.45, 2.75) is 18.9 Å². The van der Waals surface area contributed by atoms with Crippen LogP contribution >= 0.6 is 0 Å². The van der Waals surface area contributed by atoms with Crippen LogP contribution in [0.2, 0.25) is 0 Å². The zero-order valence-electron chi connectivity index (χ0n) is 17.6. The summed E-state index contributed by atoms with van der Waals surface area (Å²) in [4.78, 5) is 25.1. The zero-order valence-corrected chi connectivity index (χ0v) is 17.6. The summed E-state index contributed by atoms with van der Waals surface area (Å²) in [7, 11) is 0. The molecule has 3 aliphatic rings. The van der Waals surface area contributed by atoms with Gasteiger partial charge in [-0.05, 0) is 73.8 Å². The molecule has 3 aromatic rings. The fourth-order valence-electron chi connectivity index (χ4n) is 4.30. The maximum absolute atomic E-state index is 9.55. The number of hydrogen-bond donors (Lipinski definition) is 3. The second kappa shape index (κ2) is 9.70. The Morgan fingerprint density at radius 3 is 2.19 bits per heavy atom. The number of para-hydroxylation sites is 1. The van der Waals surface area contributed by atoms with Crippen molar-refractivity contribution in [1.29, 1.82) is 0 Å². The fraction of sp³-hybridized carbons (Fsp3) is 0.280. The number of nitrogens with one attached hydrogen (secondary N) is 1. The lowest BCUT2D eigenvalue weighted by molar-refractivity contribution is -0.134. The molecular weight excluding hydrogens is 408 g/mol. The Hall–Kier alpha value is -3.58. The molecule has 2 bridgehead atoms. The van der Waals surface area contributed by atoms with Crippen LogP contribution in [0.25, 0.3) is 22.2 Å². The van der Waals surface area contributed by atoms with Gasteiger partial charge in [-0.3, -0.25) is 4.90 Å². The lowest BCUT2D eigenvalue weighted by Gasteiger charge is -2.44. The Labute approximate surface area is 185 Å². The molecule has 4 heterocycles. The van der Waals surface area contributed by atoms with Crippen molar-refractivity contribution in [1.82, 2.24) is 9.88 Å². The SMILES string of the molecule is O=C(O)/C=C/C(=O)O.c1ccc2[nH]c(-c3ccc(OC4CN5CCC4CC5)cc3)cc2c1. The largest absolute Gasteiger partial charge is 0.489 e. The Morgan fingerprint density at radius 2 is 1.62 bits per heavy atom. The van der Waals surface area contributed by atoms with Gasteiger partial charge in [-0.25, -0.2) is 9.59 Å². The van der Waals surface area contributed by atoms with E-state index in [9.17, 15) is 9.59 Å². The number of rotatable bonds is 5. The molecule has 166 valence electrons. The number of piperidine rings is 3. The molecule has 7 heteroatoms.